The molecule has 0 saturated heterocycles. The Hall–Kier alpha value is -1.07. The zero-order chi connectivity index (χ0) is 12.4. The van der Waals surface area contributed by atoms with Crippen molar-refractivity contribution >= 4 is 20.9 Å². The van der Waals surface area contributed by atoms with Crippen LogP contribution >= 0.6 is 0 Å². The molecule has 1 nitrogen and oxygen atoms in total. The van der Waals surface area contributed by atoms with E-state index in [4.69, 9.17) is 2.76 Å². The molecular weight excluding hydrogens is 371 g/mol. The first-order chi connectivity index (χ1) is 8.83. The number of benzene rings is 2. The molecule has 0 spiro atoms. The van der Waals surface area contributed by atoms with Crippen molar-refractivity contribution in [2.24, 2.45) is 0 Å². The summed E-state index contributed by atoms with van der Waals surface area (Å²) in [5.41, 5.74) is 3.75. The molecule has 0 bridgehead atoms. The predicted molar refractivity (Wildman–Crippen MR) is 75.7 cm³/mol. The largest absolute Gasteiger partial charge is 1.00 e. The van der Waals surface area contributed by atoms with Gasteiger partial charge in [-0.2, -0.15) is 0 Å². The van der Waals surface area contributed by atoms with Gasteiger partial charge < -0.3 is 12.4 Å². The Morgan fingerprint density at radius 2 is 1.58 bits per heavy atom. The van der Waals surface area contributed by atoms with E-state index in [9.17, 15) is 0 Å². The molecule has 3 rings (SSSR count). The third-order valence-corrected chi connectivity index (χ3v) is 5.12. The second-order valence-electron chi connectivity index (χ2n) is 4.28. The quantitative estimate of drug-likeness (QED) is 0.479. The molecule has 0 unspecified atom stereocenters. The van der Waals surface area contributed by atoms with Crippen LogP contribution in [0.25, 0.3) is 20.5 Å². The Morgan fingerprint density at radius 3 is 2.32 bits per heavy atom. The zero-order valence-corrected chi connectivity index (χ0v) is 13.6. The Labute approximate surface area is 129 Å². The molecule has 96 valence electrons. The molecule has 3 aromatic rings. The molecule has 0 aliphatic carbocycles. The first kappa shape index (κ1) is 14.3. The van der Waals surface area contributed by atoms with Gasteiger partial charge in [-0.1, -0.05) is 0 Å². The molecule has 2 aromatic carbocycles. The molecule has 19 heavy (non-hydrogen) atoms. The summed E-state index contributed by atoms with van der Waals surface area (Å²) in [7, 11) is 0. The van der Waals surface area contributed by atoms with Crippen molar-refractivity contribution in [3.63, 3.8) is 0 Å². The Balaban J connectivity index is 0.00000133. The minimum absolute atomic E-state index is 0. The second-order valence-corrected chi connectivity index (χ2v) is 6.48. The van der Waals surface area contributed by atoms with Crippen LogP contribution in [0.5, 0.6) is 0 Å². The molecule has 1 heterocycles. The van der Waals surface area contributed by atoms with E-state index in [0.29, 0.717) is 0 Å². The van der Waals surface area contributed by atoms with Gasteiger partial charge in [0.05, 0.1) is 0 Å². The smallest absolute Gasteiger partial charge is 1.00 e. The minimum Gasteiger partial charge on any atom is -1.00 e. The van der Waals surface area contributed by atoms with Gasteiger partial charge in [0.15, 0.2) is 0 Å². The van der Waals surface area contributed by atoms with Gasteiger partial charge in [-0.15, -0.1) is 0 Å². The summed E-state index contributed by atoms with van der Waals surface area (Å²) in [6.45, 7) is 2.11. The normalized spacial score (nSPS) is 9.95. The SMILES string of the molecule is Cc1cccc(-c2cc(-c3ccccc3)[te][o+]2)c1.[Cl-]. The Bertz CT molecular complexity index is 661. The topological polar surface area (TPSA) is 11.3 Å². The molecule has 0 aliphatic heterocycles. The average Bonchev–Trinajstić information content (AvgIpc) is 2.89. The van der Waals surface area contributed by atoms with Crippen LogP contribution in [0.1, 0.15) is 5.56 Å². The van der Waals surface area contributed by atoms with Gasteiger partial charge in [0.25, 0.3) is 0 Å². The fraction of sp³-hybridized carbons (Fsp3) is 0.0625. The van der Waals surface area contributed by atoms with E-state index in [2.05, 4.69) is 61.5 Å². The van der Waals surface area contributed by atoms with E-state index in [1.165, 1.54) is 20.3 Å². The minimum atomic E-state index is -0.539. The summed E-state index contributed by atoms with van der Waals surface area (Å²) < 4.78 is 7.29. The molecule has 0 aliphatic rings. The fourth-order valence-electron chi connectivity index (χ4n) is 1.92. The van der Waals surface area contributed by atoms with E-state index in [1.807, 2.05) is 6.07 Å². The van der Waals surface area contributed by atoms with Gasteiger partial charge in [-0.25, -0.2) is 0 Å². The number of hydrogen-bond acceptors (Lipinski definition) is 0. The summed E-state index contributed by atoms with van der Waals surface area (Å²) in [6.07, 6.45) is 0. The van der Waals surface area contributed by atoms with Crippen molar-refractivity contribution < 1.29 is 15.2 Å². The first-order valence-electron chi connectivity index (χ1n) is 5.88. The summed E-state index contributed by atoms with van der Waals surface area (Å²) in [5, 5.41) is 0. The van der Waals surface area contributed by atoms with Gasteiger partial charge in [0.1, 0.15) is 0 Å². The molecule has 0 N–H and O–H groups in total. The molecular formula is C16H13ClOTe. The van der Waals surface area contributed by atoms with Crippen LogP contribution in [0.3, 0.4) is 0 Å². The Kier molecular flexibility index (Phi) is 4.82. The molecule has 0 atom stereocenters. The van der Waals surface area contributed by atoms with Gasteiger partial charge in [0.2, 0.25) is 0 Å². The second kappa shape index (κ2) is 6.39. The van der Waals surface area contributed by atoms with E-state index >= 15 is 0 Å². The van der Waals surface area contributed by atoms with Crippen LogP contribution in [0.2, 0.25) is 0 Å². The molecule has 0 amide bonds. The van der Waals surface area contributed by atoms with Gasteiger partial charge in [0, 0.05) is 0 Å². The number of halogens is 1. The van der Waals surface area contributed by atoms with Crippen LogP contribution in [-0.4, -0.2) is 20.9 Å². The van der Waals surface area contributed by atoms with Crippen LogP contribution in [0.4, 0.5) is 0 Å². The van der Waals surface area contributed by atoms with Crippen LogP contribution in [0, 0.1) is 6.92 Å². The van der Waals surface area contributed by atoms with Crippen molar-refractivity contribution in [1.29, 1.82) is 0 Å². The van der Waals surface area contributed by atoms with Crippen LogP contribution in [0.15, 0.2) is 63.4 Å². The van der Waals surface area contributed by atoms with Gasteiger partial charge in [-0.05, 0) is 0 Å². The average molecular weight is 384 g/mol. The van der Waals surface area contributed by atoms with Gasteiger partial charge in [-0.3, -0.25) is 0 Å². The van der Waals surface area contributed by atoms with Crippen molar-refractivity contribution in [2.45, 2.75) is 6.92 Å². The van der Waals surface area contributed by atoms with Gasteiger partial charge >= 0.3 is 117 Å². The zero-order valence-electron chi connectivity index (χ0n) is 10.5. The van der Waals surface area contributed by atoms with E-state index in [0.717, 1.165) is 5.76 Å². The number of aryl methyl sites for hydroxylation is 1. The predicted octanol–water partition coefficient (Wildman–Crippen LogP) is 1.26. The van der Waals surface area contributed by atoms with Crippen molar-refractivity contribution in [3.05, 3.63) is 66.2 Å². The standard InChI is InChI=1S/C16H13OTe.ClH/c1-12-6-5-9-14(10-12)15-11-16(18-17-15)13-7-3-2-4-8-13;/h2-11H,1H3;1H/q+1;/p-1. The monoisotopic (exact) mass is 386 g/mol. The number of rotatable bonds is 2. The third-order valence-electron chi connectivity index (χ3n) is 2.84. The van der Waals surface area contributed by atoms with Crippen LogP contribution < -0.4 is 12.4 Å². The summed E-state index contributed by atoms with van der Waals surface area (Å²) >= 11 is -0.539. The maximum absolute atomic E-state index is 5.92. The fourth-order valence-corrected chi connectivity index (χ4v) is 3.95. The van der Waals surface area contributed by atoms with E-state index in [-0.39, 0.29) is 12.4 Å². The summed E-state index contributed by atoms with van der Waals surface area (Å²) in [6, 6.07) is 21.2. The van der Waals surface area contributed by atoms with Crippen molar-refractivity contribution in [1.82, 2.24) is 0 Å². The molecule has 0 saturated carbocycles. The summed E-state index contributed by atoms with van der Waals surface area (Å²) in [5.74, 6) is 1.03. The van der Waals surface area contributed by atoms with Crippen molar-refractivity contribution in [3.8, 4) is 20.5 Å². The number of hydrogen-bond donors (Lipinski definition) is 0. The van der Waals surface area contributed by atoms with E-state index in [1.54, 1.807) is 0 Å². The third kappa shape index (κ3) is 3.28. The molecule has 0 radical (unpaired) electrons. The maximum atomic E-state index is 5.92. The first-order valence-corrected chi connectivity index (χ1v) is 8.00. The summed E-state index contributed by atoms with van der Waals surface area (Å²) in [4.78, 5) is 0. The Morgan fingerprint density at radius 1 is 0.842 bits per heavy atom. The van der Waals surface area contributed by atoms with E-state index < -0.39 is 20.9 Å². The molecule has 0 fully saturated rings. The maximum Gasteiger partial charge on any atom is -1.00 e. The van der Waals surface area contributed by atoms with Crippen LogP contribution in [-0.2, 0) is 0 Å². The van der Waals surface area contributed by atoms with Crippen molar-refractivity contribution in [2.75, 3.05) is 0 Å². The molecule has 3 heteroatoms. The molecule has 1 aromatic heterocycles.